The second-order valence-corrected chi connectivity index (χ2v) is 7.04. The Labute approximate surface area is 133 Å². The van der Waals surface area contributed by atoms with E-state index in [0.29, 0.717) is 5.13 Å². The summed E-state index contributed by atoms with van der Waals surface area (Å²) in [7, 11) is -3.66. The average molecular weight is 337 g/mol. The first-order valence-corrected chi connectivity index (χ1v) is 8.73. The quantitative estimate of drug-likeness (QED) is 0.791. The zero-order chi connectivity index (χ0) is 16.2. The molecule has 0 spiro atoms. The number of benzene rings is 1. The van der Waals surface area contributed by atoms with Crippen molar-refractivity contribution in [1.82, 2.24) is 9.71 Å². The number of aromatic nitrogens is 1. The summed E-state index contributed by atoms with van der Waals surface area (Å²) >= 11 is 1.31. The Morgan fingerprint density at radius 2 is 2.23 bits per heavy atom. The number of hydrogen-bond acceptors (Lipinski definition) is 5. The van der Waals surface area contributed by atoms with E-state index < -0.39 is 15.9 Å². The van der Waals surface area contributed by atoms with Gasteiger partial charge in [0.05, 0.1) is 10.6 Å². The van der Waals surface area contributed by atoms with Crippen molar-refractivity contribution >= 4 is 32.4 Å². The van der Waals surface area contributed by atoms with Gasteiger partial charge in [-0.15, -0.1) is 17.9 Å². The molecule has 1 heterocycles. The molecule has 0 aliphatic heterocycles. The monoisotopic (exact) mass is 337 g/mol. The smallest absolute Gasteiger partial charge is 0.257 e. The summed E-state index contributed by atoms with van der Waals surface area (Å²) in [5, 5.41) is 4.93. The molecule has 0 radical (unpaired) electrons. The largest absolute Gasteiger partial charge is 0.298 e. The molecule has 0 atom stereocenters. The number of sulfonamides is 1. The molecule has 0 bridgehead atoms. The zero-order valence-corrected chi connectivity index (χ0v) is 13.5. The average Bonchev–Trinajstić information content (AvgIpc) is 2.90. The van der Waals surface area contributed by atoms with Crippen LogP contribution >= 0.6 is 11.3 Å². The SMILES string of the molecule is C=CCNS(=O)(=O)c1cccc(C(=O)Nc2nc(C)cs2)c1. The highest BCUT2D eigenvalue weighted by molar-refractivity contribution is 7.89. The van der Waals surface area contributed by atoms with Crippen LogP contribution in [0.5, 0.6) is 0 Å². The molecule has 2 aromatic rings. The van der Waals surface area contributed by atoms with Gasteiger partial charge in [-0.3, -0.25) is 10.1 Å². The van der Waals surface area contributed by atoms with E-state index in [1.807, 2.05) is 12.3 Å². The maximum absolute atomic E-state index is 12.1. The predicted octanol–water partition coefficient (Wildman–Crippen LogP) is 2.17. The molecule has 0 unspecified atom stereocenters. The number of rotatable bonds is 6. The summed E-state index contributed by atoms with van der Waals surface area (Å²) in [6.45, 7) is 5.40. The van der Waals surface area contributed by atoms with Crippen LogP contribution in [0.3, 0.4) is 0 Å². The van der Waals surface area contributed by atoms with E-state index in [9.17, 15) is 13.2 Å². The summed E-state index contributed by atoms with van der Waals surface area (Å²) in [5.41, 5.74) is 1.06. The van der Waals surface area contributed by atoms with Crippen molar-refractivity contribution in [2.45, 2.75) is 11.8 Å². The third-order valence-corrected chi connectivity index (χ3v) is 4.96. The summed E-state index contributed by atoms with van der Waals surface area (Å²) in [4.78, 5) is 16.3. The van der Waals surface area contributed by atoms with E-state index >= 15 is 0 Å². The van der Waals surface area contributed by atoms with Crippen LogP contribution in [0.15, 0.2) is 47.2 Å². The second-order valence-electron chi connectivity index (χ2n) is 4.42. The van der Waals surface area contributed by atoms with Crippen LogP contribution in [-0.2, 0) is 10.0 Å². The van der Waals surface area contributed by atoms with Gasteiger partial charge in [-0.25, -0.2) is 18.1 Å². The standard InChI is InChI=1S/C14H15N3O3S2/c1-3-7-15-22(19,20)12-6-4-5-11(8-12)13(18)17-14-16-10(2)9-21-14/h3-6,8-9,15H,1,7H2,2H3,(H,16,17,18). The highest BCUT2D eigenvalue weighted by Gasteiger charge is 2.16. The second kappa shape index (κ2) is 6.82. The minimum Gasteiger partial charge on any atom is -0.298 e. The van der Waals surface area contributed by atoms with Crippen molar-refractivity contribution in [2.24, 2.45) is 0 Å². The van der Waals surface area contributed by atoms with E-state index in [2.05, 4.69) is 21.6 Å². The topological polar surface area (TPSA) is 88.2 Å². The number of hydrogen-bond donors (Lipinski definition) is 2. The molecule has 116 valence electrons. The molecule has 1 aromatic heterocycles. The molecule has 1 aromatic carbocycles. The molecule has 2 rings (SSSR count). The van der Waals surface area contributed by atoms with Gasteiger partial charge >= 0.3 is 0 Å². The first-order valence-electron chi connectivity index (χ1n) is 6.36. The van der Waals surface area contributed by atoms with E-state index in [4.69, 9.17) is 0 Å². The van der Waals surface area contributed by atoms with Gasteiger partial charge in [-0.1, -0.05) is 12.1 Å². The summed E-state index contributed by atoms with van der Waals surface area (Å²) < 4.78 is 26.4. The predicted molar refractivity (Wildman–Crippen MR) is 86.6 cm³/mol. The van der Waals surface area contributed by atoms with Gasteiger partial charge in [0.2, 0.25) is 10.0 Å². The van der Waals surface area contributed by atoms with Crippen LogP contribution in [-0.4, -0.2) is 25.9 Å². The van der Waals surface area contributed by atoms with E-state index in [-0.39, 0.29) is 17.0 Å². The fourth-order valence-corrected chi connectivity index (χ4v) is 3.36. The number of anilines is 1. The van der Waals surface area contributed by atoms with Gasteiger partial charge in [-0.05, 0) is 25.1 Å². The summed E-state index contributed by atoms with van der Waals surface area (Å²) in [6.07, 6.45) is 1.44. The number of amides is 1. The molecule has 1 amide bonds. The summed E-state index contributed by atoms with van der Waals surface area (Å²) in [6, 6.07) is 5.81. The number of aryl methyl sites for hydroxylation is 1. The van der Waals surface area contributed by atoms with Crippen LogP contribution in [0, 0.1) is 6.92 Å². The van der Waals surface area contributed by atoms with Gasteiger partial charge in [0.25, 0.3) is 5.91 Å². The van der Waals surface area contributed by atoms with E-state index in [1.165, 1.54) is 35.6 Å². The minimum atomic E-state index is -3.66. The van der Waals surface area contributed by atoms with Crippen LogP contribution in [0.1, 0.15) is 16.1 Å². The van der Waals surface area contributed by atoms with Crippen LogP contribution in [0.2, 0.25) is 0 Å². The van der Waals surface area contributed by atoms with Crippen molar-refractivity contribution in [2.75, 3.05) is 11.9 Å². The Hall–Kier alpha value is -2.03. The minimum absolute atomic E-state index is 0.0253. The summed E-state index contributed by atoms with van der Waals surface area (Å²) in [5.74, 6) is -0.407. The Kier molecular flexibility index (Phi) is 5.07. The number of carbonyl (C=O) groups is 1. The highest BCUT2D eigenvalue weighted by atomic mass is 32.2. The normalized spacial score (nSPS) is 11.1. The number of nitrogens with zero attached hydrogens (tertiary/aromatic N) is 1. The lowest BCUT2D eigenvalue weighted by atomic mass is 10.2. The lowest BCUT2D eigenvalue weighted by Crippen LogP contribution is -2.24. The van der Waals surface area contributed by atoms with Crippen molar-refractivity contribution < 1.29 is 13.2 Å². The Morgan fingerprint density at radius 3 is 2.86 bits per heavy atom. The third-order valence-electron chi connectivity index (χ3n) is 2.66. The van der Waals surface area contributed by atoms with Gasteiger partial charge < -0.3 is 0 Å². The third kappa shape index (κ3) is 4.00. The number of thiazole rings is 1. The lowest BCUT2D eigenvalue weighted by Gasteiger charge is -2.07. The Bertz CT molecular complexity index is 797. The molecule has 6 nitrogen and oxygen atoms in total. The molecular formula is C14H15N3O3S2. The van der Waals surface area contributed by atoms with Crippen molar-refractivity contribution in [1.29, 1.82) is 0 Å². The molecule has 2 N–H and O–H groups in total. The molecule has 22 heavy (non-hydrogen) atoms. The molecule has 0 saturated heterocycles. The lowest BCUT2D eigenvalue weighted by molar-refractivity contribution is 0.102. The molecule has 0 fully saturated rings. The van der Waals surface area contributed by atoms with Gasteiger partial charge in [0.1, 0.15) is 0 Å². The maximum atomic E-state index is 12.1. The zero-order valence-electron chi connectivity index (χ0n) is 11.9. The first kappa shape index (κ1) is 16.3. The van der Waals surface area contributed by atoms with Crippen LogP contribution < -0.4 is 10.0 Å². The Morgan fingerprint density at radius 1 is 1.45 bits per heavy atom. The van der Waals surface area contributed by atoms with Gasteiger partial charge in [0, 0.05) is 17.5 Å². The fraction of sp³-hybridized carbons (Fsp3) is 0.143. The van der Waals surface area contributed by atoms with Gasteiger partial charge in [0.15, 0.2) is 5.13 Å². The molecule has 0 aliphatic carbocycles. The molecule has 8 heteroatoms. The highest BCUT2D eigenvalue weighted by Crippen LogP contribution is 2.17. The fourth-order valence-electron chi connectivity index (χ4n) is 1.64. The number of nitrogens with one attached hydrogen (secondary N) is 2. The van der Waals surface area contributed by atoms with Crippen molar-refractivity contribution in [3.63, 3.8) is 0 Å². The van der Waals surface area contributed by atoms with E-state index in [1.54, 1.807) is 6.07 Å². The van der Waals surface area contributed by atoms with Crippen molar-refractivity contribution in [3.8, 4) is 0 Å². The van der Waals surface area contributed by atoms with Crippen LogP contribution in [0.4, 0.5) is 5.13 Å². The molecular weight excluding hydrogens is 322 g/mol. The number of carbonyl (C=O) groups excluding carboxylic acids is 1. The van der Waals surface area contributed by atoms with Gasteiger partial charge in [-0.2, -0.15) is 0 Å². The van der Waals surface area contributed by atoms with E-state index in [0.717, 1.165) is 5.69 Å². The Balaban J connectivity index is 2.20. The molecule has 0 aliphatic rings. The van der Waals surface area contributed by atoms with Crippen molar-refractivity contribution in [3.05, 3.63) is 53.6 Å². The molecule has 0 saturated carbocycles. The maximum Gasteiger partial charge on any atom is 0.257 e. The van der Waals surface area contributed by atoms with Crippen LogP contribution in [0.25, 0.3) is 0 Å². The first-order chi connectivity index (χ1) is 10.4.